The first kappa shape index (κ1) is 13.9. The van der Waals surface area contributed by atoms with Crippen molar-refractivity contribution in [3.63, 3.8) is 0 Å². The van der Waals surface area contributed by atoms with Gasteiger partial charge in [-0.3, -0.25) is 0 Å². The van der Waals surface area contributed by atoms with Crippen molar-refractivity contribution in [2.75, 3.05) is 12.8 Å². The summed E-state index contributed by atoms with van der Waals surface area (Å²) in [6.45, 7) is 4.52. The lowest BCUT2D eigenvalue weighted by molar-refractivity contribution is 0.474. The maximum Gasteiger partial charge on any atom is 0.0406 e. The fourth-order valence-corrected chi connectivity index (χ4v) is 2.72. The molecule has 0 radical (unpaired) electrons. The third-order valence-corrected chi connectivity index (χ3v) is 3.86. The van der Waals surface area contributed by atoms with Gasteiger partial charge in [0.15, 0.2) is 0 Å². The minimum absolute atomic E-state index is 0.584. The summed E-state index contributed by atoms with van der Waals surface area (Å²) < 4.78 is 0. The Hall–Kier alpha value is -0.180. The molecule has 0 spiro atoms. The van der Waals surface area contributed by atoms with E-state index in [0.717, 1.165) is 16.7 Å². The van der Waals surface area contributed by atoms with Gasteiger partial charge < -0.3 is 5.32 Å². The Morgan fingerprint density at radius 3 is 2.38 bits per heavy atom. The van der Waals surface area contributed by atoms with Crippen LogP contribution in [0.25, 0.3) is 0 Å². The average Bonchev–Trinajstić information content (AvgIpc) is 2.26. The predicted octanol–water partition coefficient (Wildman–Crippen LogP) is 4.07. The molecule has 0 aliphatic heterocycles. The van der Waals surface area contributed by atoms with Gasteiger partial charge in [-0.15, -0.1) is 11.8 Å². The van der Waals surface area contributed by atoms with Crippen LogP contribution in [-0.2, 0) is 0 Å². The van der Waals surface area contributed by atoms with Crippen molar-refractivity contribution >= 4 is 23.4 Å². The molecule has 0 heterocycles. The number of nitrogens with one attached hydrogen (secondary N) is 1. The number of thioether (sulfide) groups is 1. The van der Waals surface area contributed by atoms with Gasteiger partial charge in [-0.05, 0) is 43.7 Å². The van der Waals surface area contributed by atoms with Crippen LogP contribution in [0.3, 0.4) is 0 Å². The molecule has 0 aliphatic rings. The second kappa shape index (κ2) is 7.21. The van der Waals surface area contributed by atoms with E-state index >= 15 is 0 Å². The van der Waals surface area contributed by atoms with Gasteiger partial charge in [0, 0.05) is 21.7 Å². The first-order valence-electron chi connectivity index (χ1n) is 5.67. The highest BCUT2D eigenvalue weighted by Crippen LogP contribution is 2.22. The molecule has 1 rings (SSSR count). The largest absolute Gasteiger partial charge is 0.316 e. The zero-order valence-corrected chi connectivity index (χ0v) is 11.7. The highest BCUT2D eigenvalue weighted by atomic mass is 35.5. The van der Waals surface area contributed by atoms with Crippen LogP contribution in [0.2, 0.25) is 5.02 Å². The van der Waals surface area contributed by atoms with Crippen LogP contribution in [0.15, 0.2) is 29.2 Å². The van der Waals surface area contributed by atoms with Gasteiger partial charge >= 0.3 is 0 Å². The Kier molecular flexibility index (Phi) is 6.25. The Bertz CT molecular complexity index is 297. The quantitative estimate of drug-likeness (QED) is 0.772. The number of halogens is 1. The fraction of sp³-hybridized carbons (Fsp3) is 0.538. The molecule has 0 bridgehead atoms. The summed E-state index contributed by atoms with van der Waals surface area (Å²) in [5.74, 6) is 1.85. The minimum atomic E-state index is 0.584. The van der Waals surface area contributed by atoms with E-state index in [9.17, 15) is 0 Å². The Labute approximate surface area is 108 Å². The average molecular weight is 258 g/mol. The van der Waals surface area contributed by atoms with Crippen molar-refractivity contribution in [2.45, 2.75) is 31.2 Å². The van der Waals surface area contributed by atoms with Gasteiger partial charge in [0.1, 0.15) is 0 Å². The van der Waals surface area contributed by atoms with E-state index in [-0.39, 0.29) is 0 Å². The van der Waals surface area contributed by atoms with Crippen LogP contribution in [0.1, 0.15) is 20.3 Å². The van der Waals surface area contributed by atoms with Gasteiger partial charge in [-0.1, -0.05) is 25.4 Å². The van der Waals surface area contributed by atoms with Gasteiger partial charge in [-0.2, -0.15) is 0 Å². The van der Waals surface area contributed by atoms with E-state index in [0.29, 0.717) is 6.04 Å². The normalized spacial score (nSPS) is 13.1. The maximum atomic E-state index is 5.85. The Balaban J connectivity index is 2.40. The molecule has 0 amide bonds. The number of hydrogen-bond donors (Lipinski definition) is 1. The molecule has 90 valence electrons. The van der Waals surface area contributed by atoms with E-state index in [4.69, 9.17) is 11.6 Å². The summed E-state index contributed by atoms with van der Waals surface area (Å²) in [5, 5.41) is 4.17. The lowest BCUT2D eigenvalue weighted by atomic mass is 10.1. The van der Waals surface area contributed by atoms with Crippen LogP contribution in [0.4, 0.5) is 0 Å². The lowest BCUT2D eigenvalue weighted by Crippen LogP contribution is -2.29. The summed E-state index contributed by atoms with van der Waals surface area (Å²) in [5.41, 5.74) is 0. The van der Waals surface area contributed by atoms with E-state index in [2.05, 4.69) is 31.3 Å². The monoisotopic (exact) mass is 257 g/mol. The van der Waals surface area contributed by atoms with Gasteiger partial charge in [-0.25, -0.2) is 0 Å². The minimum Gasteiger partial charge on any atom is -0.316 e. The SMILES string of the molecule is CNC(CSc1ccc(Cl)cc1)CC(C)C. The summed E-state index contributed by atoms with van der Waals surface area (Å²) in [6, 6.07) is 8.63. The molecule has 0 fully saturated rings. The molecule has 1 N–H and O–H groups in total. The van der Waals surface area contributed by atoms with E-state index in [1.165, 1.54) is 11.3 Å². The number of hydrogen-bond acceptors (Lipinski definition) is 2. The third-order valence-electron chi connectivity index (χ3n) is 2.43. The smallest absolute Gasteiger partial charge is 0.0406 e. The second-order valence-corrected chi connectivity index (χ2v) is 5.91. The van der Waals surface area contributed by atoms with Gasteiger partial charge in [0.2, 0.25) is 0 Å². The second-order valence-electron chi connectivity index (χ2n) is 4.38. The summed E-state index contributed by atoms with van der Waals surface area (Å²) in [4.78, 5) is 1.29. The van der Waals surface area contributed by atoms with E-state index in [1.807, 2.05) is 30.9 Å². The van der Waals surface area contributed by atoms with Crippen molar-refractivity contribution in [3.05, 3.63) is 29.3 Å². The first-order chi connectivity index (χ1) is 7.61. The van der Waals surface area contributed by atoms with Gasteiger partial charge in [0.25, 0.3) is 0 Å². The zero-order chi connectivity index (χ0) is 12.0. The van der Waals surface area contributed by atoms with Crippen molar-refractivity contribution in [1.29, 1.82) is 0 Å². The third kappa shape index (κ3) is 5.24. The van der Waals surface area contributed by atoms with E-state index < -0.39 is 0 Å². The molecule has 0 saturated heterocycles. The molecule has 0 saturated carbocycles. The molecule has 0 aliphatic carbocycles. The van der Waals surface area contributed by atoms with Gasteiger partial charge in [0.05, 0.1) is 0 Å². The van der Waals surface area contributed by atoms with Crippen LogP contribution < -0.4 is 5.32 Å². The zero-order valence-electron chi connectivity index (χ0n) is 10.2. The highest BCUT2D eigenvalue weighted by molar-refractivity contribution is 7.99. The molecule has 16 heavy (non-hydrogen) atoms. The van der Waals surface area contributed by atoms with Crippen molar-refractivity contribution < 1.29 is 0 Å². The molecular formula is C13H20ClNS. The predicted molar refractivity (Wildman–Crippen MR) is 74.5 cm³/mol. The molecule has 1 aromatic rings. The lowest BCUT2D eigenvalue weighted by Gasteiger charge is -2.17. The summed E-state index contributed by atoms with van der Waals surface area (Å²) in [7, 11) is 2.04. The topological polar surface area (TPSA) is 12.0 Å². The van der Waals surface area contributed by atoms with Crippen LogP contribution >= 0.6 is 23.4 Å². The maximum absolute atomic E-state index is 5.85. The van der Waals surface area contributed by atoms with Crippen molar-refractivity contribution in [1.82, 2.24) is 5.32 Å². The van der Waals surface area contributed by atoms with Crippen LogP contribution in [0, 0.1) is 5.92 Å². The molecule has 0 aromatic heterocycles. The number of benzene rings is 1. The number of rotatable bonds is 6. The standard InChI is InChI=1S/C13H20ClNS/c1-10(2)8-12(15-3)9-16-13-6-4-11(14)5-7-13/h4-7,10,12,15H,8-9H2,1-3H3. The van der Waals surface area contributed by atoms with Crippen LogP contribution in [0.5, 0.6) is 0 Å². The Morgan fingerprint density at radius 1 is 1.25 bits per heavy atom. The molecule has 1 atom stereocenters. The van der Waals surface area contributed by atoms with Crippen LogP contribution in [-0.4, -0.2) is 18.8 Å². The molecular weight excluding hydrogens is 238 g/mol. The molecule has 1 unspecified atom stereocenters. The molecule has 1 aromatic carbocycles. The molecule has 3 heteroatoms. The Morgan fingerprint density at radius 2 is 1.88 bits per heavy atom. The highest BCUT2D eigenvalue weighted by Gasteiger charge is 2.08. The van der Waals surface area contributed by atoms with Crippen molar-refractivity contribution in [2.24, 2.45) is 5.92 Å². The van der Waals surface area contributed by atoms with E-state index in [1.54, 1.807) is 0 Å². The fourth-order valence-electron chi connectivity index (χ4n) is 1.57. The summed E-state index contributed by atoms with van der Waals surface area (Å²) >= 11 is 7.73. The summed E-state index contributed by atoms with van der Waals surface area (Å²) in [6.07, 6.45) is 1.22. The van der Waals surface area contributed by atoms with Crippen molar-refractivity contribution in [3.8, 4) is 0 Å². The molecule has 1 nitrogen and oxygen atoms in total. The first-order valence-corrected chi connectivity index (χ1v) is 7.03.